The summed E-state index contributed by atoms with van der Waals surface area (Å²) >= 11 is 1.85. The monoisotopic (exact) mass is 406 g/mol. The van der Waals surface area contributed by atoms with Gasteiger partial charge in [-0.05, 0) is 36.2 Å². The third-order valence-corrected chi connectivity index (χ3v) is 6.00. The average Bonchev–Trinajstić information content (AvgIpc) is 3.04. The van der Waals surface area contributed by atoms with Gasteiger partial charge in [0.1, 0.15) is 15.8 Å². The Bertz CT molecular complexity index is 974. The minimum absolute atomic E-state index is 0.142. The molecule has 0 aliphatic heterocycles. The number of hydrogen-bond acceptors (Lipinski definition) is 5. The molecule has 1 amide bonds. The predicted molar refractivity (Wildman–Crippen MR) is 104 cm³/mol. The molecule has 1 aromatic heterocycles. The van der Waals surface area contributed by atoms with Gasteiger partial charge in [-0.1, -0.05) is 35.6 Å². The van der Waals surface area contributed by atoms with E-state index in [9.17, 15) is 18.1 Å². The molecule has 0 spiro atoms. The molecule has 0 bridgehead atoms. The molecule has 0 aliphatic rings. The van der Waals surface area contributed by atoms with E-state index in [1.54, 1.807) is 38.2 Å². The number of halogens is 2. The van der Waals surface area contributed by atoms with Crippen LogP contribution in [-0.2, 0) is 11.2 Å². The molecule has 0 aliphatic carbocycles. The molecule has 8 heteroatoms. The Morgan fingerprint density at radius 1 is 1.22 bits per heavy atom. The van der Waals surface area contributed by atoms with Gasteiger partial charge in [-0.2, -0.15) is 0 Å². The Morgan fingerprint density at radius 2 is 1.93 bits per heavy atom. The van der Waals surface area contributed by atoms with Crippen molar-refractivity contribution in [2.45, 2.75) is 17.6 Å². The van der Waals surface area contributed by atoms with Crippen molar-refractivity contribution in [1.82, 2.24) is 4.98 Å². The summed E-state index contributed by atoms with van der Waals surface area (Å²) < 4.78 is 37.0. The van der Waals surface area contributed by atoms with E-state index in [1.807, 2.05) is 0 Å². The maximum atomic E-state index is 13.9. The molecule has 27 heavy (non-hydrogen) atoms. The molecule has 0 saturated heterocycles. The normalized spacial score (nSPS) is 10.9. The molecule has 1 N–H and O–H groups in total. The lowest BCUT2D eigenvalue weighted by Crippen LogP contribution is -2.27. The summed E-state index contributed by atoms with van der Waals surface area (Å²) in [4.78, 5) is 18.2. The summed E-state index contributed by atoms with van der Waals surface area (Å²) in [6, 6.07) is 10.1. The van der Waals surface area contributed by atoms with E-state index in [4.69, 9.17) is 0 Å². The van der Waals surface area contributed by atoms with Crippen molar-refractivity contribution in [3.8, 4) is 11.1 Å². The van der Waals surface area contributed by atoms with Crippen LogP contribution in [0.3, 0.4) is 0 Å². The van der Waals surface area contributed by atoms with Gasteiger partial charge in [0.15, 0.2) is 5.13 Å². The molecule has 0 radical (unpaired) electrons. The molecule has 0 saturated carbocycles. The van der Waals surface area contributed by atoms with Crippen molar-refractivity contribution < 1.29 is 18.1 Å². The molecule has 0 fully saturated rings. The van der Waals surface area contributed by atoms with Gasteiger partial charge in [-0.3, -0.25) is 9.69 Å². The van der Waals surface area contributed by atoms with Crippen molar-refractivity contribution in [2.24, 2.45) is 0 Å². The number of thiazole rings is 1. The maximum absolute atomic E-state index is 13.9. The van der Waals surface area contributed by atoms with Crippen molar-refractivity contribution in [1.29, 1.82) is 0 Å². The number of carbonyl (C=O) groups is 1. The lowest BCUT2D eigenvalue weighted by Gasteiger charge is -2.14. The number of nitrogens with zero attached hydrogens (tertiary/aromatic N) is 2. The van der Waals surface area contributed by atoms with Gasteiger partial charge >= 0.3 is 0 Å². The highest BCUT2D eigenvalue weighted by Crippen LogP contribution is 2.32. The number of carbonyl (C=O) groups excluding carboxylic acids is 1. The first kappa shape index (κ1) is 19.5. The standard InChI is InChI=1S/C19H16F2N2O2S2/c1-11-18(27-25)26-19(22-11)23(2)17(24)9-12-3-5-13(6-4-12)15-10-14(20)7-8-16(15)21/h3-8,10,25H,9H2,1-2H3. The number of aromatic nitrogens is 1. The fourth-order valence-corrected chi connectivity index (χ4v) is 3.85. The summed E-state index contributed by atoms with van der Waals surface area (Å²) in [6.45, 7) is 1.77. The highest BCUT2D eigenvalue weighted by molar-refractivity contribution is 7.95. The van der Waals surface area contributed by atoms with Gasteiger partial charge in [0, 0.05) is 24.7 Å². The number of rotatable bonds is 5. The predicted octanol–water partition coefficient (Wildman–Crippen LogP) is 5.17. The fourth-order valence-electron chi connectivity index (χ4n) is 2.52. The molecule has 3 rings (SSSR count). The average molecular weight is 406 g/mol. The zero-order chi connectivity index (χ0) is 19.6. The van der Waals surface area contributed by atoms with Crippen LogP contribution < -0.4 is 4.90 Å². The quantitative estimate of drug-likeness (QED) is 0.594. The minimum atomic E-state index is -0.508. The van der Waals surface area contributed by atoms with Gasteiger partial charge < -0.3 is 4.55 Å². The van der Waals surface area contributed by atoms with Crippen LogP contribution in [0.2, 0.25) is 0 Å². The largest absolute Gasteiger partial charge is 0.325 e. The van der Waals surface area contributed by atoms with Crippen LogP contribution in [0.1, 0.15) is 11.3 Å². The number of amides is 1. The number of aryl methyl sites for hydroxylation is 1. The lowest BCUT2D eigenvalue weighted by molar-refractivity contribution is -0.117. The van der Waals surface area contributed by atoms with Crippen molar-refractivity contribution in [3.05, 3.63) is 65.4 Å². The number of benzene rings is 2. The first-order valence-corrected chi connectivity index (χ1v) is 9.58. The molecular formula is C19H16F2N2O2S2. The van der Waals surface area contributed by atoms with Crippen LogP contribution in [0, 0.1) is 18.6 Å². The van der Waals surface area contributed by atoms with Crippen LogP contribution in [0.4, 0.5) is 13.9 Å². The van der Waals surface area contributed by atoms with Crippen LogP contribution >= 0.6 is 23.4 Å². The van der Waals surface area contributed by atoms with Crippen LogP contribution in [0.25, 0.3) is 11.1 Å². The highest BCUT2D eigenvalue weighted by Gasteiger charge is 2.17. The molecule has 0 unspecified atom stereocenters. The van der Waals surface area contributed by atoms with Crippen molar-refractivity contribution in [2.75, 3.05) is 11.9 Å². The third-order valence-electron chi connectivity index (χ3n) is 4.04. The van der Waals surface area contributed by atoms with E-state index in [1.165, 1.54) is 16.2 Å². The second kappa shape index (κ2) is 8.16. The smallest absolute Gasteiger partial charge is 0.232 e. The molecular weight excluding hydrogens is 390 g/mol. The summed E-state index contributed by atoms with van der Waals surface area (Å²) in [5, 5.41) is 0.507. The van der Waals surface area contributed by atoms with E-state index < -0.39 is 11.6 Å². The van der Waals surface area contributed by atoms with Crippen LogP contribution in [0.15, 0.2) is 46.7 Å². The van der Waals surface area contributed by atoms with Crippen molar-refractivity contribution in [3.63, 3.8) is 0 Å². The molecule has 4 nitrogen and oxygen atoms in total. The first-order valence-electron chi connectivity index (χ1n) is 7.99. The molecule has 140 valence electrons. The Balaban J connectivity index is 1.74. The summed E-state index contributed by atoms with van der Waals surface area (Å²) in [7, 11) is 1.63. The molecule has 1 heterocycles. The summed E-state index contributed by atoms with van der Waals surface area (Å²) in [5.74, 6) is -1.17. The number of anilines is 1. The minimum Gasteiger partial charge on any atom is -0.325 e. The van der Waals surface area contributed by atoms with E-state index in [2.05, 4.69) is 4.98 Å². The van der Waals surface area contributed by atoms with E-state index in [0.717, 1.165) is 23.8 Å². The van der Waals surface area contributed by atoms with Gasteiger partial charge in [-0.25, -0.2) is 13.8 Å². The topological polar surface area (TPSA) is 53.4 Å². The first-order chi connectivity index (χ1) is 12.9. The highest BCUT2D eigenvalue weighted by atomic mass is 32.2. The fraction of sp³-hybridized carbons (Fsp3) is 0.158. The van der Waals surface area contributed by atoms with Crippen LogP contribution in [-0.4, -0.2) is 22.5 Å². The van der Waals surface area contributed by atoms with Gasteiger partial charge in [0.25, 0.3) is 0 Å². The number of likely N-dealkylation sites (N-methyl/N-ethyl adjacent to an activating group) is 1. The molecule has 2 aromatic carbocycles. The van der Waals surface area contributed by atoms with Gasteiger partial charge in [-0.15, -0.1) is 0 Å². The Hall–Kier alpha value is -2.29. The Labute approximate surface area is 163 Å². The Kier molecular flexibility index (Phi) is 5.88. The van der Waals surface area contributed by atoms with Crippen molar-refractivity contribution >= 4 is 34.4 Å². The van der Waals surface area contributed by atoms with E-state index in [-0.39, 0.29) is 17.9 Å². The maximum Gasteiger partial charge on any atom is 0.232 e. The zero-order valence-corrected chi connectivity index (χ0v) is 16.2. The third kappa shape index (κ3) is 4.35. The SMILES string of the molecule is Cc1nc(N(C)C(=O)Cc2ccc(-c3cc(F)ccc3F)cc2)sc1SO. The number of hydrogen-bond donors (Lipinski definition) is 1. The van der Waals surface area contributed by atoms with Gasteiger partial charge in [0.05, 0.1) is 12.1 Å². The molecule has 0 atom stereocenters. The van der Waals surface area contributed by atoms with E-state index in [0.29, 0.717) is 32.6 Å². The van der Waals surface area contributed by atoms with E-state index >= 15 is 0 Å². The second-order valence-corrected chi connectivity index (χ2v) is 7.74. The second-order valence-electron chi connectivity index (χ2n) is 5.91. The lowest BCUT2D eigenvalue weighted by atomic mass is 10.0. The molecule has 3 aromatic rings. The summed E-state index contributed by atoms with van der Waals surface area (Å²) in [6.07, 6.45) is 0.142. The Morgan fingerprint density at radius 3 is 2.56 bits per heavy atom. The summed E-state index contributed by atoms with van der Waals surface area (Å²) in [5.41, 5.74) is 2.13. The van der Waals surface area contributed by atoms with Gasteiger partial charge in [0.2, 0.25) is 5.91 Å². The van der Waals surface area contributed by atoms with Crippen LogP contribution in [0.5, 0.6) is 0 Å². The zero-order valence-electron chi connectivity index (χ0n) is 14.6.